The smallest absolute Gasteiger partial charge is 0.316 e. The van der Waals surface area contributed by atoms with E-state index in [0.29, 0.717) is 24.5 Å². The van der Waals surface area contributed by atoms with Crippen LogP contribution in [0.1, 0.15) is 51.9 Å². The maximum absolute atomic E-state index is 13.3. The fourth-order valence-electron chi connectivity index (χ4n) is 6.97. The Morgan fingerprint density at radius 3 is 2.74 bits per heavy atom. The molecule has 8 heteroatoms. The Morgan fingerprint density at radius 2 is 1.90 bits per heavy atom. The number of H-pyrrole nitrogens is 1. The fourth-order valence-corrected chi connectivity index (χ4v) is 7.99. The van der Waals surface area contributed by atoms with Gasteiger partial charge in [-0.05, 0) is 67.7 Å². The number of aromatic nitrogens is 1. The highest BCUT2D eigenvalue weighted by Crippen LogP contribution is 2.40. The number of hydrogen-bond acceptors (Lipinski definition) is 6. The number of nitrogens with zero attached hydrogens (tertiary/aromatic N) is 2. The molecule has 2 fully saturated rings. The molecule has 2 aliphatic carbocycles. The van der Waals surface area contributed by atoms with Crippen molar-refractivity contribution in [2.45, 2.75) is 57.1 Å². The Labute approximate surface area is 253 Å². The second-order valence-corrected chi connectivity index (χ2v) is 13.8. The van der Waals surface area contributed by atoms with Gasteiger partial charge >= 0.3 is 5.97 Å². The number of pyridine rings is 1. The molecule has 6 rings (SSSR count). The average Bonchev–Trinajstić information content (AvgIpc) is 3.50. The van der Waals surface area contributed by atoms with E-state index in [9.17, 15) is 9.59 Å². The maximum atomic E-state index is 13.3. The van der Waals surface area contributed by atoms with Crippen LogP contribution in [0.25, 0.3) is 10.9 Å². The van der Waals surface area contributed by atoms with Gasteiger partial charge in [-0.1, -0.05) is 37.5 Å². The van der Waals surface area contributed by atoms with Crippen LogP contribution in [0.3, 0.4) is 0 Å². The van der Waals surface area contributed by atoms with Gasteiger partial charge in [-0.25, -0.2) is 0 Å². The zero-order valence-corrected chi connectivity index (χ0v) is 25.6. The van der Waals surface area contributed by atoms with Crippen molar-refractivity contribution >= 4 is 28.6 Å². The van der Waals surface area contributed by atoms with Gasteiger partial charge in [-0.3, -0.25) is 14.1 Å². The Morgan fingerprint density at radius 1 is 1.10 bits per heavy atom. The van der Waals surface area contributed by atoms with Gasteiger partial charge in [-0.15, -0.1) is 11.8 Å². The molecule has 2 atom stereocenters. The number of benzene rings is 1. The van der Waals surface area contributed by atoms with E-state index in [-0.39, 0.29) is 16.9 Å². The number of rotatable bonds is 10. The van der Waals surface area contributed by atoms with Crippen LogP contribution in [0.5, 0.6) is 5.75 Å². The van der Waals surface area contributed by atoms with E-state index in [1.807, 2.05) is 36.0 Å². The Balaban J connectivity index is 1.06. The summed E-state index contributed by atoms with van der Waals surface area (Å²) in [7, 11) is 0. The van der Waals surface area contributed by atoms with Crippen molar-refractivity contribution < 1.29 is 18.8 Å². The van der Waals surface area contributed by atoms with Crippen LogP contribution in [0.2, 0.25) is 0 Å². The lowest BCUT2D eigenvalue weighted by Crippen LogP contribution is -2.61. The van der Waals surface area contributed by atoms with Crippen molar-refractivity contribution in [2.24, 2.45) is 11.3 Å². The number of fused-ring (bicyclic) bond motifs is 2. The Bertz CT molecular complexity index is 1420. The number of esters is 1. The summed E-state index contributed by atoms with van der Waals surface area (Å²) in [5, 5.41) is 3.75. The number of nitrogens with one attached hydrogen (secondary N) is 1. The number of unbranched alkanes of at least 4 members (excludes halogenated alkanes) is 1. The molecule has 2 aromatic rings. The fraction of sp³-hybridized carbons (Fsp3) is 0.529. The standard InChI is InChI=1S/C34H43N3O4S/c1-34(15-3-2-4-16-34)33(39)41-25-37(20-17-36(18-21-37)30-8-7-9-31-28(30)14-23-42-31)19-5-6-22-40-27-12-10-26-11-13-32(38)35-29(26)24-27/h7-14,23-24,28,31H,2-6,15-22,25H2,1H3/p+1. The molecule has 42 heavy (non-hydrogen) atoms. The molecule has 3 heterocycles. The molecule has 0 radical (unpaired) electrons. The first-order chi connectivity index (χ1) is 20.4. The Hall–Kier alpha value is -2.97. The minimum atomic E-state index is -0.331. The summed E-state index contributed by atoms with van der Waals surface area (Å²) in [6.07, 6.45) is 16.4. The average molecular weight is 591 g/mol. The first-order valence-corrected chi connectivity index (χ1v) is 16.6. The van der Waals surface area contributed by atoms with Gasteiger partial charge < -0.3 is 19.4 Å². The van der Waals surface area contributed by atoms with Gasteiger partial charge in [0, 0.05) is 29.0 Å². The zero-order valence-electron chi connectivity index (χ0n) is 24.8. The number of carbonyl (C=O) groups is 1. The normalized spacial score (nSPS) is 24.3. The van der Waals surface area contributed by atoms with Crippen LogP contribution in [0, 0.1) is 11.3 Å². The van der Waals surface area contributed by atoms with E-state index in [1.165, 1.54) is 12.1 Å². The number of quaternary nitrogens is 1. The molecule has 1 aromatic carbocycles. The molecule has 1 saturated heterocycles. The molecule has 0 spiro atoms. The molecule has 0 amide bonds. The van der Waals surface area contributed by atoms with Gasteiger partial charge in [0.05, 0.1) is 50.3 Å². The highest BCUT2D eigenvalue weighted by atomic mass is 32.2. The molecular formula is C34H44N3O4S+. The minimum Gasteiger partial charge on any atom is -0.494 e. The van der Waals surface area contributed by atoms with Crippen molar-refractivity contribution in [3.8, 4) is 5.75 Å². The van der Waals surface area contributed by atoms with Crippen molar-refractivity contribution in [3.63, 3.8) is 0 Å². The van der Waals surface area contributed by atoms with Gasteiger partial charge in [-0.2, -0.15) is 0 Å². The van der Waals surface area contributed by atoms with Gasteiger partial charge in [0.1, 0.15) is 5.75 Å². The van der Waals surface area contributed by atoms with E-state index in [1.54, 1.807) is 6.07 Å². The first kappa shape index (κ1) is 29.1. The molecule has 2 unspecified atom stereocenters. The van der Waals surface area contributed by atoms with Crippen molar-refractivity contribution in [2.75, 3.05) is 46.1 Å². The summed E-state index contributed by atoms with van der Waals surface area (Å²) in [6, 6.07) is 9.19. The molecule has 4 aliphatic rings. The van der Waals surface area contributed by atoms with Crippen LogP contribution < -0.4 is 10.3 Å². The second kappa shape index (κ2) is 12.7. The third-order valence-corrected chi connectivity index (χ3v) is 10.8. The number of thioether (sulfide) groups is 1. The molecular weight excluding hydrogens is 546 g/mol. The maximum Gasteiger partial charge on any atom is 0.316 e. The monoisotopic (exact) mass is 590 g/mol. The minimum absolute atomic E-state index is 0.00380. The summed E-state index contributed by atoms with van der Waals surface area (Å²) in [4.78, 5) is 30.4. The largest absolute Gasteiger partial charge is 0.494 e. The summed E-state index contributed by atoms with van der Waals surface area (Å²) < 4.78 is 13.0. The molecule has 224 valence electrons. The lowest BCUT2D eigenvalue weighted by atomic mass is 9.76. The molecule has 1 saturated carbocycles. The summed E-state index contributed by atoms with van der Waals surface area (Å²) >= 11 is 1.91. The number of ether oxygens (including phenoxy) is 2. The van der Waals surface area contributed by atoms with E-state index < -0.39 is 0 Å². The van der Waals surface area contributed by atoms with E-state index in [2.05, 4.69) is 46.5 Å². The van der Waals surface area contributed by atoms with Crippen molar-refractivity contribution in [1.29, 1.82) is 0 Å². The third-order valence-electron chi connectivity index (χ3n) is 9.75. The topological polar surface area (TPSA) is 71.6 Å². The van der Waals surface area contributed by atoms with Crippen LogP contribution in [0.15, 0.2) is 70.5 Å². The second-order valence-electron chi connectivity index (χ2n) is 12.7. The van der Waals surface area contributed by atoms with Crippen LogP contribution >= 0.6 is 11.8 Å². The highest BCUT2D eigenvalue weighted by molar-refractivity contribution is 8.03. The predicted octanol–water partition coefficient (Wildman–Crippen LogP) is 5.99. The molecule has 2 aliphatic heterocycles. The van der Waals surface area contributed by atoms with Crippen LogP contribution in [-0.4, -0.2) is 71.6 Å². The molecule has 1 aromatic heterocycles. The lowest BCUT2D eigenvalue weighted by Gasteiger charge is -2.46. The predicted molar refractivity (Wildman–Crippen MR) is 169 cm³/mol. The van der Waals surface area contributed by atoms with E-state index >= 15 is 0 Å². The van der Waals surface area contributed by atoms with E-state index in [4.69, 9.17) is 9.47 Å². The number of hydrogen-bond donors (Lipinski definition) is 1. The van der Waals surface area contributed by atoms with E-state index in [0.717, 1.165) is 92.4 Å². The van der Waals surface area contributed by atoms with Gasteiger partial charge in [0.25, 0.3) is 0 Å². The Kier molecular flexibility index (Phi) is 8.82. The summed E-state index contributed by atoms with van der Waals surface area (Å²) in [6.45, 7) is 8.03. The SMILES string of the molecule is CC1(C(=O)OC[N+]2(CCCCOc3ccc4ccc(=O)[nH]c4c3)CCN(C3=CC=CC4SC=CC34)CC2)CCCCC1. The van der Waals surface area contributed by atoms with Crippen molar-refractivity contribution in [3.05, 3.63) is 76.1 Å². The zero-order chi connectivity index (χ0) is 29.0. The van der Waals surface area contributed by atoms with Crippen LogP contribution in [-0.2, 0) is 9.53 Å². The number of piperazine rings is 1. The molecule has 1 N–H and O–H groups in total. The van der Waals surface area contributed by atoms with Gasteiger partial charge in [0.2, 0.25) is 12.3 Å². The quantitative estimate of drug-likeness (QED) is 0.208. The summed E-state index contributed by atoms with van der Waals surface area (Å²) in [5.41, 5.74) is 1.78. The number of aromatic amines is 1. The first-order valence-electron chi connectivity index (χ1n) is 15.7. The van der Waals surface area contributed by atoms with Gasteiger partial charge in [0.15, 0.2) is 0 Å². The lowest BCUT2D eigenvalue weighted by molar-refractivity contribution is -0.947. The number of carbonyl (C=O) groups excluding carboxylic acids is 1. The number of allylic oxidation sites excluding steroid dienone is 3. The third kappa shape index (κ3) is 6.50. The highest BCUT2D eigenvalue weighted by Gasteiger charge is 2.41. The summed E-state index contributed by atoms with van der Waals surface area (Å²) in [5.74, 6) is 1.23. The molecule has 7 nitrogen and oxygen atoms in total. The van der Waals surface area contributed by atoms with Crippen molar-refractivity contribution in [1.82, 2.24) is 9.88 Å². The molecule has 0 bridgehead atoms. The van der Waals surface area contributed by atoms with Crippen LogP contribution in [0.4, 0.5) is 0 Å².